The highest BCUT2D eigenvalue weighted by Gasteiger charge is 2.22. The van der Waals surface area contributed by atoms with Crippen LogP contribution in [0.5, 0.6) is 0 Å². The first-order valence-electron chi connectivity index (χ1n) is 4.85. The van der Waals surface area contributed by atoms with E-state index in [0.29, 0.717) is 11.0 Å². The third-order valence-electron chi connectivity index (χ3n) is 2.10. The van der Waals surface area contributed by atoms with Gasteiger partial charge in [0.25, 0.3) is 0 Å². The second-order valence-corrected chi connectivity index (χ2v) is 4.65. The fraction of sp³-hybridized carbons (Fsp3) is 0.500. The highest BCUT2D eigenvalue weighted by atomic mass is 35.5. The number of hydrogen-bond acceptors (Lipinski definition) is 4. The van der Waals surface area contributed by atoms with Gasteiger partial charge in [-0.2, -0.15) is 0 Å². The minimum Gasteiger partial charge on any atom is -0.370 e. The third-order valence-corrected chi connectivity index (χ3v) is 2.48. The number of rotatable bonds is 4. The fourth-order valence-electron chi connectivity index (χ4n) is 1.35. The average Bonchev–Trinajstić information content (AvgIpc) is 2.10. The normalized spacial score (nSPS) is 11.2. The lowest BCUT2D eigenvalue weighted by Crippen LogP contribution is -2.36. The number of aromatic nitrogens is 2. The molecule has 0 aromatic carbocycles. The molecule has 1 heterocycles. The fourth-order valence-corrected chi connectivity index (χ4v) is 1.49. The average molecular weight is 243 g/mol. The van der Waals surface area contributed by atoms with E-state index in [4.69, 9.17) is 17.3 Å². The molecule has 0 unspecified atom stereocenters. The standard InChI is InChI=1S/C10H15ClN4O/c1-6-8(11)13-5-14-9(6)15-10(2,3)4-7(12)16/h5H,4H2,1-3H3,(H2,12,16)(H,13,14,15). The van der Waals surface area contributed by atoms with Crippen LogP contribution in [0, 0.1) is 6.92 Å². The Balaban J connectivity index is 2.87. The number of carbonyl (C=O) groups is 1. The summed E-state index contributed by atoms with van der Waals surface area (Å²) in [6, 6.07) is 0. The van der Waals surface area contributed by atoms with E-state index in [-0.39, 0.29) is 12.3 Å². The Kier molecular flexibility index (Phi) is 3.70. The minimum absolute atomic E-state index is 0.216. The van der Waals surface area contributed by atoms with Gasteiger partial charge in [0.1, 0.15) is 17.3 Å². The van der Waals surface area contributed by atoms with Gasteiger partial charge in [-0.25, -0.2) is 9.97 Å². The van der Waals surface area contributed by atoms with Gasteiger partial charge in [-0.05, 0) is 20.8 Å². The highest BCUT2D eigenvalue weighted by Crippen LogP contribution is 2.22. The van der Waals surface area contributed by atoms with E-state index in [1.54, 1.807) is 0 Å². The van der Waals surface area contributed by atoms with Crippen molar-refractivity contribution in [2.75, 3.05) is 5.32 Å². The van der Waals surface area contributed by atoms with Crippen molar-refractivity contribution in [2.45, 2.75) is 32.7 Å². The zero-order valence-corrected chi connectivity index (χ0v) is 10.3. The number of anilines is 1. The van der Waals surface area contributed by atoms with Crippen LogP contribution >= 0.6 is 11.6 Å². The molecule has 0 spiro atoms. The van der Waals surface area contributed by atoms with Crippen LogP contribution in [-0.2, 0) is 4.79 Å². The first-order valence-corrected chi connectivity index (χ1v) is 5.23. The summed E-state index contributed by atoms with van der Waals surface area (Å²) in [5.41, 5.74) is 5.45. The molecule has 0 saturated carbocycles. The number of amides is 1. The lowest BCUT2D eigenvalue weighted by molar-refractivity contribution is -0.118. The van der Waals surface area contributed by atoms with Gasteiger partial charge in [0, 0.05) is 17.5 Å². The molecule has 0 atom stereocenters. The van der Waals surface area contributed by atoms with Gasteiger partial charge in [0.2, 0.25) is 5.91 Å². The summed E-state index contributed by atoms with van der Waals surface area (Å²) >= 11 is 5.87. The Bertz CT molecular complexity index is 406. The summed E-state index contributed by atoms with van der Waals surface area (Å²) in [5.74, 6) is 0.251. The third kappa shape index (κ3) is 3.34. The SMILES string of the molecule is Cc1c(Cl)ncnc1NC(C)(C)CC(N)=O. The molecule has 0 saturated heterocycles. The van der Waals surface area contributed by atoms with E-state index in [2.05, 4.69) is 15.3 Å². The van der Waals surface area contributed by atoms with Crippen LogP contribution in [0.25, 0.3) is 0 Å². The molecular formula is C10H15ClN4O. The molecule has 1 aromatic rings. The van der Waals surface area contributed by atoms with Gasteiger partial charge in [-0.15, -0.1) is 0 Å². The number of nitrogens with one attached hydrogen (secondary N) is 1. The Morgan fingerprint density at radius 2 is 2.19 bits per heavy atom. The summed E-state index contributed by atoms with van der Waals surface area (Å²) in [5, 5.41) is 3.52. The largest absolute Gasteiger partial charge is 0.370 e. The highest BCUT2D eigenvalue weighted by molar-refractivity contribution is 6.30. The minimum atomic E-state index is -0.464. The van der Waals surface area contributed by atoms with Gasteiger partial charge in [0.15, 0.2) is 0 Å². The van der Waals surface area contributed by atoms with Gasteiger partial charge in [-0.1, -0.05) is 11.6 Å². The molecule has 6 heteroatoms. The van der Waals surface area contributed by atoms with Crippen molar-refractivity contribution in [2.24, 2.45) is 5.73 Å². The van der Waals surface area contributed by atoms with E-state index in [1.807, 2.05) is 20.8 Å². The van der Waals surface area contributed by atoms with E-state index in [0.717, 1.165) is 5.56 Å². The summed E-state index contributed by atoms with van der Waals surface area (Å²) < 4.78 is 0. The van der Waals surface area contributed by atoms with Gasteiger partial charge in [-0.3, -0.25) is 4.79 Å². The molecule has 88 valence electrons. The molecule has 1 aromatic heterocycles. The van der Waals surface area contributed by atoms with Crippen LogP contribution in [0.15, 0.2) is 6.33 Å². The van der Waals surface area contributed by atoms with Crippen LogP contribution < -0.4 is 11.1 Å². The molecule has 5 nitrogen and oxygen atoms in total. The van der Waals surface area contributed by atoms with E-state index in [9.17, 15) is 4.79 Å². The van der Waals surface area contributed by atoms with E-state index in [1.165, 1.54) is 6.33 Å². The number of halogens is 1. The maximum absolute atomic E-state index is 10.9. The monoisotopic (exact) mass is 242 g/mol. The van der Waals surface area contributed by atoms with Crippen molar-refractivity contribution in [1.29, 1.82) is 0 Å². The van der Waals surface area contributed by atoms with Crippen LogP contribution in [-0.4, -0.2) is 21.4 Å². The molecule has 1 rings (SSSR count). The first kappa shape index (κ1) is 12.7. The Labute approximate surface area is 99.4 Å². The second kappa shape index (κ2) is 4.65. The van der Waals surface area contributed by atoms with Crippen molar-refractivity contribution < 1.29 is 4.79 Å². The zero-order chi connectivity index (χ0) is 12.3. The van der Waals surface area contributed by atoms with Crippen molar-refractivity contribution in [3.63, 3.8) is 0 Å². The number of hydrogen-bond donors (Lipinski definition) is 2. The molecule has 0 aliphatic heterocycles. The van der Waals surface area contributed by atoms with Crippen molar-refractivity contribution in [3.8, 4) is 0 Å². The van der Waals surface area contributed by atoms with Crippen molar-refractivity contribution in [1.82, 2.24) is 9.97 Å². The predicted octanol–water partition coefficient (Wildman–Crippen LogP) is 1.50. The summed E-state index contributed by atoms with van der Waals surface area (Å²) in [4.78, 5) is 18.8. The zero-order valence-electron chi connectivity index (χ0n) is 9.54. The van der Waals surface area contributed by atoms with E-state index < -0.39 is 5.54 Å². The molecule has 0 fully saturated rings. The first-order chi connectivity index (χ1) is 7.32. The lowest BCUT2D eigenvalue weighted by atomic mass is 10.00. The van der Waals surface area contributed by atoms with Crippen LogP contribution in [0.3, 0.4) is 0 Å². The van der Waals surface area contributed by atoms with Gasteiger partial charge < -0.3 is 11.1 Å². The Morgan fingerprint density at radius 1 is 1.56 bits per heavy atom. The van der Waals surface area contributed by atoms with Crippen molar-refractivity contribution >= 4 is 23.3 Å². The smallest absolute Gasteiger partial charge is 0.219 e. The van der Waals surface area contributed by atoms with Crippen molar-refractivity contribution in [3.05, 3.63) is 17.0 Å². The van der Waals surface area contributed by atoms with Crippen LogP contribution in [0.2, 0.25) is 5.15 Å². The maximum Gasteiger partial charge on any atom is 0.219 e. The number of nitrogens with two attached hydrogens (primary N) is 1. The van der Waals surface area contributed by atoms with Gasteiger partial charge >= 0.3 is 0 Å². The molecule has 1 amide bonds. The molecular weight excluding hydrogens is 228 g/mol. The van der Waals surface area contributed by atoms with Gasteiger partial charge in [0.05, 0.1) is 0 Å². The molecule has 0 radical (unpaired) electrons. The maximum atomic E-state index is 10.9. The molecule has 0 bridgehead atoms. The summed E-state index contributed by atoms with van der Waals surface area (Å²) in [6.07, 6.45) is 1.59. The number of nitrogens with zero attached hydrogens (tertiary/aromatic N) is 2. The number of primary amides is 1. The second-order valence-electron chi connectivity index (χ2n) is 4.29. The van der Waals surface area contributed by atoms with Crippen LogP contribution in [0.1, 0.15) is 25.8 Å². The molecule has 3 N–H and O–H groups in total. The summed E-state index contributed by atoms with van der Waals surface area (Å²) in [6.45, 7) is 5.55. The predicted molar refractivity (Wildman–Crippen MR) is 63.3 cm³/mol. The van der Waals surface area contributed by atoms with E-state index >= 15 is 0 Å². The topological polar surface area (TPSA) is 80.9 Å². The summed E-state index contributed by atoms with van der Waals surface area (Å²) in [7, 11) is 0. The molecule has 16 heavy (non-hydrogen) atoms. The Hall–Kier alpha value is -1.36. The Morgan fingerprint density at radius 3 is 2.75 bits per heavy atom. The quantitative estimate of drug-likeness (QED) is 0.784. The van der Waals surface area contributed by atoms with Crippen LogP contribution in [0.4, 0.5) is 5.82 Å². The lowest BCUT2D eigenvalue weighted by Gasteiger charge is -2.26. The molecule has 0 aliphatic carbocycles. The number of carbonyl (C=O) groups excluding carboxylic acids is 1. The molecule has 0 aliphatic rings.